The monoisotopic (exact) mass is 442 g/mol. The number of azo groups is 1. The highest BCUT2D eigenvalue weighted by atomic mass is 79.9. The molecule has 0 saturated heterocycles. The van der Waals surface area contributed by atoms with E-state index in [1.807, 2.05) is 0 Å². The number of halogens is 1. The van der Waals surface area contributed by atoms with Crippen LogP contribution in [-0.2, 0) is 19.4 Å². The molecule has 5 heteroatoms. The van der Waals surface area contributed by atoms with Gasteiger partial charge in [-0.3, -0.25) is 0 Å². The van der Waals surface area contributed by atoms with Crippen molar-refractivity contribution in [2.24, 2.45) is 10.2 Å². The molecule has 28 heavy (non-hydrogen) atoms. The number of nitrogens with zero attached hydrogens (tertiary/aromatic N) is 4. The van der Waals surface area contributed by atoms with Gasteiger partial charge in [-0.1, -0.05) is 19.8 Å². The Kier molecular flexibility index (Phi) is 7.60. The average Bonchev–Trinajstić information content (AvgIpc) is 2.71. The lowest BCUT2D eigenvalue weighted by atomic mass is 9.91. The van der Waals surface area contributed by atoms with E-state index in [0.717, 1.165) is 17.9 Å². The first-order valence-electron chi connectivity index (χ1n) is 10.6. The van der Waals surface area contributed by atoms with Crippen molar-refractivity contribution in [3.8, 4) is 0 Å². The topological polar surface area (TPSA) is 31.8 Å². The van der Waals surface area contributed by atoms with Gasteiger partial charge in [0, 0.05) is 37.3 Å². The maximum Gasteiger partial charge on any atom is 0.171 e. The van der Waals surface area contributed by atoms with E-state index < -0.39 is 0 Å². The van der Waals surface area contributed by atoms with Gasteiger partial charge in [0.05, 0.1) is 11.4 Å². The van der Waals surface area contributed by atoms with Crippen molar-refractivity contribution in [1.29, 1.82) is 0 Å². The van der Waals surface area contributed by atoms with E-state index in [1.54, 1.807) is 0 Å². The standard InChI is InChI=1S/C23H31N4.BrH/c1-2-3-4-5-12-26-15-10-21(11-16-26)24-25-22-17-19-8-6-13-27-14-7-9-20(18-22)23(19)27;/h10-11,15-18H,2-9,12-14H2,1H3;1H/q+1;/p-1. The number of hydrogen-bond donors (Lipinski definition) is 0. The predicted molar refractivity (Wildman–Crippen MR) is 110 cm³/mol. The van der Waals surface area contributed by atoms with E-state index in [4.69, 9.17) is 0 Å². The molecule has 0 spiro atoms. The fourth-order valence-electron chi connectivity index (χ4n) is 4.34. The van der Waals surface area contributed by atoms with Crippen molar-refractivity contribution in [2.45, 2.75) is 64.8 Å². The molecule has 0 aliphatic carbocycles. The minimum absolute atomic E-state index is 0. The summed E-state index contributed by atoms with van der Waals surface area (Å²) in [6.07, 6.45) is 14.3. The Balaban J connectivity index is 0.00000225. The highest BCUT2D eigenvalue weighted by Crippen LogP contribution is 2.38. The first-order chi connectivity index (χ1) is 13.3. The molecule has 0 bridgehead atoms. The lowest BCUT2D eigenvalue weighted by Crippen LogP contribution is -3.00. The van der Waals surface area contributed by atoms with Crippen LogP contribution >= 0.6 is 0 Å². The summed E-state index contributed by atoms with van der Waals surface area (Å²) in [6, 6.07) is 8.62. The van der Waals surface area contributed by atoms with E-state index in [0.29, 0.717) is 0 Å². The molecule has 4 nitrogen and oxygen atoms in total. The number of benzene rings is 1. The number of anilines is 1. The summed E-state index contributed by atoms with van der Waals surface area (Å²) in [6.45, 7) is 5.76. The van der Waals surface area contributed by atoms with Crippen LogP contribution < -0.4 is 26.4 Å². The fourth-order valence-corrected chi connectivity index (χ4v) is 4.34. The van der Waals surface area contributed by atoms with Crippen molar-refractivity contribution in [1.82, 2.24) is 0 Å². The molecule has 1 aromatic heterocycles. The summed E-state index contributed by atoms with van der Waals surface area (Å²) in [5.74, 6) is 0. The predicted octanol–water partition coefficient (Wildman–Crippen LogP) is 2.67. The van der Waals surface area contributed by atoms with Crippen LogP contribution in [0.5, 0.6) is 0 Å². The van der Waals surface area contributed by atoms with Crippen molar-refractivity contribution >= 4 is 17.1 Å². The second kappa shape index (κ2) is 10.1. The Morgan fingerprint density at radius 3 is 2.18 bits per heavy atom. The highest BCUT2D eigenvalue weighted by molar-refractivity contribution is 5.67. The van der Waals surface area contributed by atoms with Crippen LogP contribution in [0.1, 0.15) is 56.6 Å². The molecule has 0 N–H and O–H groups in total. The van der Waals surface area contributed by atoms with E-state index in [2.05, 4.69) is 63.3 Å². The van der Waals surface area contributed by atoms with Crippen molar-refractivity contribution in [3.63, 3.8) is 0 Å². The van der Waals surface area contributed by atoms with Crippen LogP contribution in [-0.4, -0.2) is 13.1 Å². The number of hydrogen-bond acceptors (Lipinski definition) is 3. The summed E-state index contributed by atoms with van der Waals surface area (Å²) in [7, 11) is 0. The molecular formula is C23H31BrN4. The molecule has 0 saturated carbocycles. The van der Waals surface area contributed by atoms with Gasteiger partial charge in [-0.05, 0) is 55.4 Å². The van der Waals surface area contributed by atoms with Crippen LogP contribution in [0.25, 0.3) is 0 Å². The van der Waals surface area contributed by atoms with Crippen molar-refractivity contribution in [2.75, 3.05) is 18.0 Å². The van der Waals surface area contributed by atoms with Crippen molar-refractivity contribution < 1.29 is 21.5 Å². The SMILES string of the molecule is CCCCCC[n+]1ccc(N=Nc2cc3c4c(c2)CCCN4CCC3)cc1.[Br-]. The van der Waals surface area contributed by atoms with Crippen molar-refractivity contribution in [3.05, 3.63) is 47.8 Å². The van der Waals surface area contributed by atoms with E-state index in [-0.39, 0.29) is 17.0 Å². The Morgan fingerprint density at radius 2 is 1.54 bits per heavy atom. The molecule has 0 amide bonds. The van der Waals surface area contributed by atoms with Crippen LogP contribution in [0.2, 0.25) is 0 Å². The molecule has 0 atom stereocenters. The summed E-state index contributed by atoms with van der Waals surface area (Å²) in [4.78, 5) is 2.56. The van der Waals surface area contributed by atoms with Gasteiger partial charge >= 0.3 is 0 Å². The highest BCUT2D eigenvalue weighted by Gasteiger charge is 2.24. The van der Waals surface area contributed by atoms with Gasteiger partial charge in [0.25, 0.3) is 0 Å². The molecule has 2 aliphatic heterocycles. The molecule has 1 aromatic carbocycles. The molecule has 2 aromatic rings. The van der Waals surface area contributed by atoms with Crippen LogP contribution in [0, 0.1) is 0 Å². The summed E-state index contributed by atoms with van der Waals surface area (Å²) in [5, 5.41) is 9.04. The zero-order chi connectivity index (χ0) is 18.5. The third-order valence-corrected chi connectivity index (χ3v) is 5.74. The molecule has 150 valence electrons. The Morgan fingerprint density at radius 1 is 0.893 bits per heavy atom. The second-order valence-corrected chi connectivity index (χ2v) is 7.86. The largest absolute Gasteiger partial charge is 1.00 e. The van der Waals surface area contributed by atoms with Gasteiger partial charge in [-0.25, -0.2) is 4.57 Å². The maximum atomic E-state index is 4.56. The van der Waals surface area contributed by atoms with Gasteiger partial charge in [-0.2, -0.15) is 10.2 Å². The first kappa shape index (κ1) is 21.0. The third-order valence-electron chi connectivity index (χ3n) is 5.74. The fraction of sp³-hybridized carbons (Fsp3) is 0.522. The third kappa shape index (κ3) is 4.99. The molecule has 2 aliphatic rings. The van der Waals surface area contributed by atoms with Crippen LogP contribution in [0.4, 0.5) is 17.1 Å². The Bertz CT molecular complexity index is 770. The summed E-state index contributed by atoms with van der Waals surface area (Å²) < 4.78 is 2.24. The van der Waals surface area contributed by atoms with Crippen LogP contribution in [0.3, 0.4) is 0 Å². The summed E-state index contributed by atoms with van der Waals surface area (Å²) in [5.41, 5.74) is 6.35. The van der Waals surface area contributed by atoms with Gasteiger partial charge < -0.3 is 21.9 Å². The van der Waals surface area contributed by atoms with Crippen LogP contribution in [0.15, 0.2) is 46.9 Å². The van der Waals surface area contributed by atoms with E-state index >= 15 is 0 Å². The molecule has 0 fully saturated rings. The number of pyridine rings is 1. The minimum Gasteiger partial charge on any atom is -1.00 e. The van der Waals surface area contributed by atoms with E-state index in [9.17, 15) is 0 Å². The normalized spacial score (nSPS) is 15.4. The second-order valence-electron chi connectivity index (χ2n) is 7.86. The maximum absolute atomic E-state index is 4.56. The zero-order valence-electron chi connectivity index (χ0n) is 16.9. The van der Waals surface area contributed by atoms with E-state index in [1.165, 1.54) is 81.3 Å². The van der Waals surface area contributed by atoms with Gasteiger partial charge in [0.2, 0.25) is 0 Å². The smallest absolute Gasteiger partial charge is 0.171 e. The summed E-state index contributed by atoms with van der Waals surface area (Å²) >= 11 is 0. The van der Waals surface area contributed by atoms with Gasteiger partial charge in [0.1, 0.15) is 6.54 Å². The number of aryl methyl sites for hydroxylation is 3. The lowest BCUT2D eigenvalue weighted by molar-refractivity contribution is -0.697. The number of unbranched alkanes of at least 4 members (excludes halogenated alkanes) is 3. The quantitative estimate of drug-likeness (QED) is 0.368. The Hall–Kier alpha value is -1.75. The molecule has 0 radical (unpaired) electrons. The molecule has 3 heterocycles. The molecule has 4 rings (SSSR count). The lowest BCUT2D eigenvalue weighted by Gasteiger charge is -2.36. The molecule has 0 unspecified atom stereocenters. The Labute approximate surface area is 179 Å². The number of aromatic nitrogens is 1. The number of rotatable bonds is 7. The zero-order valence-corrected chi connectivity index (χ0v) is 18.5. The molecular weight excluding hydrogens is 412 g/mol. The minimum atomic E-state index is 0. The first-order valence-corrected chi connectivity index (χ1v) is 10.6. The van der Waals surface area contributed by atoms with Gasteiger partial charge in [0.15, 0.2) is 12.4 Å². The average molecular weight is 443 g/mol. The van der Waals surface area contributed by atoms with Gasteiger partial charge in [-0.15, -0.1) is 0 Å².